The second-order valence-corrected chi connectivity index (χ2v) is 11.6. The molecule has 0 fully saturated rings. The standard InChI is InChI=1S/C36H36ClN7O3/c1-4-43(5-2)18-19-47-30-15-12-28(13-16-30)40-35-38-22-27-23-44(36(46)42(3)33(27)41-35)32-21-29(14-17-31(32)37)39-34(45)26-11-10-24-8-6-7-9-25(24)20-26/h6-17,20-22H,4-5,18-19,23H2,1-3H3,(H,39,45)(H,38,40,41). The van der Waals surface area contributed by atoms with Crippen molar-refractivity contribution in [3.05, 3.63) is 107 Å². The van der Waals surface area contributed by atoms with Gasteiger partial charge in [0.1, 0.15) is 18.2 Å². The first kappa shape index (κ1) is 31.8. The van der Waals surface area contributed by atoms with E-state index in [4.69, 9.17) is 16.3 Å². The molecule has 0 radical (unpaired) electrons. The molecular weight excluding hydrogens is 614 g/mol. The van der Waals surface area contributed by atoms with E-state index in [9.17, 15) is 9.59 Å². The van der Waals surface area contributed by atoms with Gasteiger partial charge in [-0.05, 0) is 78.5 Å². The van der Waals surface area contributed by atoms with Crippen molar-refractivity contribution in [1.29, 1.82) is 0 Å². The number of likely N-dealkylation sites (N-methyl/N-ethyl adjacent to an activating group) is 1. The Morgan fingerprint density at radius 1 is 0.957 bits per heavy atom. The van der Waals surface area contributed by atoms with Gasteiger partial charge >= 0.3 is 6.03 Å². The molecule has 2 N–H and O–H groups in total. The third kappa shape index (κ3) is 7.14. The van der Waals surface area contributed by atoms with Gasteiger partial charge in [-0.15, -0.1) is 0 Å². The van der Waals surface area contributed by atoms with Crippen LogP contribution in [0.4, 0.5) is 33.6 Å². The highest BCUT2D eigenvalue weighted by atomic mass is 35.5. The number of nitrogens with one attached hydrogen (secondary N) is 2. The Morgan fingerprint density at radius 3 is 2.47 bits per heavy atom. The van der Waals surface area contributed by atoms with Crippen LogP contribution < -0.4 is 25.2 Å². The van der Waals surface area contributed by atoms with Gasteiger partial charge in [-0.25, -0.2) is 9.78 Å². The molecule has 5 aromatic rings. The molecule has 0 spiro atoms. The fourth-order valence-corrected chi connectivity index (χ4v) is 5.70. The molecule has 0 atom stereocenters. The zero-order valence-electron chi connectivity index (χ0n) is 26.5. The summed E-state index contributed by atoms with van der Waals surface area (Å²) in [5, 5.41) is 8.55. The fourth-order valence-electron chi connectivity index (χ4n) is 5.48. The number of carbonyl (C=O) groups excluding carboxylic acids is 2. The summed E-state index contributed by atoms with van der Waals surface area (Å²) in [6.07, 6.45) is 1.70. The predicted octanol–water partition coefficient (Wildman–Crippen LogP) is 7.58. The summed E-state index contributed by atoms with van der Waals surface area (Å²) >= 11 is 6.59. The largest absolute Gasteiger partial charge is 0.492 e. The summed E-state index contributed by atoms with van der Waals surface area (Å²) in [7, 11) is 1.66. The van der Waals surface area contributed by atoms with Crippen LogP contribution in [-0.4, -0.2) is 60.1 Å². The Balaban J connectivity index is 1.13. The van der Waals surface area contributed by atoms with E-state index in [0.29, 0.717) is 40.3 Å². The molecule has 1 aromatic heterocycles. The number of amides is 3. The Bertz CT molecular complexity index is 1910. The second kappa shape index (κ2) is 14.1. The van der Waals surface area contributed by atoms with Crippen LogP contribution in [0.25, 0.3) is 10.8 Å². The molecule has 1 aliphatic rings. The van der Waals surface area contributed by atoms with Gasteiger partial charge < -0.3 is 20.3 Å². The summed E-state index contributed by atoms with van der Waals surface area (Å²) in [4.78, 5) is 41.2. The van der Waals surface area contributed by atoms with Crippen molar-refractivity contribution in [2.24, 2.45) is 0 Å². The van der Waals surface area contributed by atoms with Crippen LogP contribution in [0, 0.1) is 0 Å². The second-order valence-electron chi connectivity index (χ2n) is 11.2. The quantitative estimate of drug-likeness (QED) is 0.152. The normalized spacial score (nSPS) is 12.7. The van der Waals surface area contributed by atoms with Crippen molar-refractivity contribution in [1.82, 2.24) is 14.9 Å². The third-order valence-corrected chi connectivity index (χ3v) is 8.51. The fraction of sp³-hybridized carbons (Fsp3) is 0.222. The lowest BCUT2D eigenvalue weighted by atomic mass is 10.1. The molecule has 10 nitrogen and oxygen atoms in total. The summed E-state index contributed by atoms with van der Waals surface area (Å²) in [6.45, 7) is 7.98. The van der Waals surface area contributed by atoms with Gasteiger partial charge in [0.25, 0.3) is 5.91 Å². The van der Waals surface area contributed by atoms with Gasteiger partial charge in [0.15, 0.2) is 0 Å². The molecule has 0 aliphatic carbocycles. The molecule has 0 saturated heterocycles. The van der Waals surface area contributed by atoms with E-state index < -0.39 is 0 Å². The smallest absolute Gasteiger partial charge is 0.330 e. The summed E-state index contributed by atoms with van der Waals surface area (Å²) in [6, 6.07) is 25.8. The van der Waals surface area contributed by atoms with E-state index >= 15 is 0 Å². The van der Waals surface area contributed by atoms with Crippen molar-refractivity contribution in [2.45, 2.75) is 20.4 Å². The number of benzene rings is 4. The number of nitrogens with zero attached hydrogens (tertiary/aromatic N) is 5. The van der Waals surface area contributed by atoms with Gasteiger partial charge in [-0.1, -0.05) is 55.8 Å². The van der Waals surface area contributed by atoms with E-state index in [1.165, 1.54) is 4.90 Å². The van der Waals surface area contributed by atoms with Crippen molar-refractivity contribution in [3.63, 3.8) is 0 Å². The summed E-state index contributed by atoms with van der Waals surface area (Å²) in [5.41, 5.74) is 3.05. The number of ether oxygens (including phenoxy) is 1. The number of aromatic nitrogens is 2. The number of rotatable bonds is 11. The van der Waals surface area contributed by atoms with E-state index in [1.54, 1.807) is 42.4 Å². The van der Waals surface area contributed by atoms with E-state index in [0.717, 1.165) is 47.4 Å². The molecule has 6 rings (SSSR count). The van der Waals surface area contributed by atoms with Crippen LogP contribution in [-0.2, 0) is 6.54 Å². The van der Waals surface area contributed by atoms with E-state index in [-0.39, 0.29) is 18.5 Å². The monoisotopic (exact) mass is 649 g/mol. The lowest BCUT2D eigenvalue weighted by Crippen LogP contribution is -2.46. The predicted molar refractivity (Wildman–Crippen MR) is 188 cm³/mol. The van der Waals surface area contributed by atoms with Gasteiger partial charge in [0.2, 0.25) is 5.95 Å². The lowest BCUT2D eigenvalue weighted by Gasteiger charge is -2.34. The molecular formula is C36H36ClN7O3. The molecule has 0 bridgehead atoms. The number of halogens is 1. The summed E-state index contributed by atoms with van der Waals surface area (Å²) in [5.74, 6) is 1.39. The van der Waals surface area contributed by atoms with Gasteiger partial charge in [-0.2, -0.15) is 4.98 Å². The molecule has 0 unspecified atom stereocenters. The van der Waals surface area contributed by atoms with Crippen LogP contribution in [0.15, 0.2) is 91.1 Å². The Morgan fingerprint density at radius 2 is 1.70 bits per heavy atom. The number of carbonyl (C=O) groups is 2. The maximum Gasteiger partial charge on any atom is 0.330 e. The van der Waals surface area contributed by atoms with Crippen molar-refractivity contribution < 1.29 is 14.3 Å². The molecule has 0 saturated carbocycles. The number of hydrogen-bond donors (Lipinski definition) is 2. The first-order valence-corrected chi connectivity index (χ1v) is 15.9. The van der Waals surface area contributed by atoms with Gasteiger partial charge in [-0.3, -0.25) is 14.6 Å². The molecule has 2 heterocycles. The number of hydrogen-bond acceptors (Lipinski definition) is 7. The average molecular weight is 650 g/mol. The highest BCUT2D eigenvalue weighted by Gasteiger charge is 2.32. The van der Waals surface area contributed by atoms with Crippen LogP contribution in [0.2, 0.25) is 5.02 Å². The molecule has 4 aromatic carbocycles. The van der Waals surface area contributed by atoms with Crippen LogP contribution in [0.1, 0.15) is 29.8 Å². The minimum atomic E-state index is -0.312. The Labute approximate surface area is 278 Å². The van der Waals surface area contributed by atoms with Gasteiger partial charge in [0, 0.05) is 42.3 Å². The van der Waals surface area contributed by atoms with Crippen molar-refractivity contribution >= 4 is 63.1 Å². The first-order valence-electron chi connectivity index (χ1n) is 15.6. The molecule has 47 heavy (non-hydrogen) atoms. The third-order valence-electron chi connectivity index (χ3n) is 8.19. The van der Waals surface area contributed by atoms with Crippen molar-refractivity contribution in [3.8, 4) is 5.75 Å². The number of fused-ring (bicyclic) bond motifs is 2. The van der Waals surface area contributed by atoms with Crippen LogP contribution in [0.5, 0.6) is 5.75 Å². The first-order chi connectivity index (χ1) is 22.8. The van der Waals surface area contributed by atoms with Crippen LogP contribution >= 0.6 is 11.6 Å². The maximum absolute atomic E-state index is 13.6. The van der Waals surface area contributed by atoms with E-state index in [1.807, 2.05) is 60.7 Å². The lowest BCUT2D eigenvalue weighted by molar-refractivity contribution is 0.102. The summed E-state index contributed by atoms with van der Waals surface area (Å²) < 4.78 is 5.88. The van der Waals surface area contributed by atoms with Gasteiger partial charge in [0.05, 0.1) is 17.3 Å². The minimum Gasteiger partial charge on any atom is -0.492 e. The zero-order valence-corrected chi connectivity index (χ0v) is 27.3. The highest BCUT2D eigenvalue weighted by molar-refractivity contribution is 6.34. The van der Waals surface area contributed by atoms with Crippen molar-refractivity contribution in [2.75, 3.05) is 53.7 Å². The minimum absolute atomic E-state index is 0.208. The van der Waals surface area contributed by atoms with E-state index in [2.05, 4.69) is 39.3 Å². The molecule has 11 heteroatoms. The maximum atomic E-state index is 13.6. The van der Waals surface area contributed by atoms with Crippen LogP contribution in [0.3, 0.4) is 0 Å². The Kier molecular flexibility index (Phi) is 9.51. The number of anilines is 5. The Hall–Kier alpha value is -5.19. The number of urea groups is 1. The molecule has 1 aliphatic heterocycles. The average Bonchev–Trinajstić information content (AvgIpc) is 3.10. The topological polar surface area (TPSA) is 103 Å². The SMILES string of the molecule is CCN(CC)CCOc1ccc(Nc2ncc3c(n2)N(C)C(=O)N(c2cc(NC(=O)c4ccc5ccccc5c4)ccc2Cl)C3)cc1. The highest BCUT2D eigenvalue weighted by Crippen LogP contribution is 2.36. The zero-order chi connectivity index (χ0) is 32.9. The molecule has 240 valence electrons. The molecule has 3 amide bonds.